The van der Waals surface area contributed by atoms with E-state index < -0.39 is 17.1 Å². The molecular formula is C30H35N3O3. The van der Waals surface area contributed by atoms with Gasteiger partial charge in [0, 0.05) is 23.9 Å². The van der Waals surface area contributed by atoms with E-state index in [1.165, 1.54) is 10.5 Å². The molecule has 6 nitrogen and oxygen atoms in total. The van der Waals surface area contributed by atoms with Crippen LogP contribution in [0.5, 0.6) is 0 Å². The predicted octanol–water partition coefficient (Wildman–Crippen LogP) is 5.85. The third kappa shape index (κ3) is 2.76. The molecule has 2 spiro atoms. The number of ether oxygens (including phenoxy) is 1. The third-order valence-electron chi connectivity index (χ3n) is 8.44. The Bertz CT molecular complexity index is 1320. The van der Waals surface area contributed by atoms with E-state index >= 15 is 0 Å². The first-order valence-electron chi connectivity index (χ1n) is 13.0. The lowest BCUT2D eigenvalue weighted by atomic mass is 9.61. The number of fused-ring (bicyclic) bond motifs is 4. The summed E-state index contributed by atoms with van der Waals surface area (Å²) in [5.74, 6) is -0.392. The van der Waals surface area contributed by atoms with Crippen molar-refractivity contribution in [2.45, 2.75) is 76.9 Å². The second-order valence-electron chi connectivity index (χ2n) is 12.8. The van der Waals surface area contributed by atoms with E-state index in [2.05, 4.69) is 44.3 Å². The maximum Gasteiger partial charge on any atom is 0.421 e. The van der Waals surface area contributed by atoms with Crippen molar-refractivity contribution in [1.29, 1.82) is 0 Å². The number of amides is 2. The van der Waals surface area contributed by atoms with Gasteiger partial charge < -0.3 is 10.1 Å². The summed E-state index contributed by atoms with van der Waals surface area (Å²) in [5.41, 5.74) is 2.52. The van der Waals surface area contributed by atoms with Gasteiger partial charge in [0.25, 0.3) is 0 Å². The normalized spacial score (nSPS) is 30.3. The molecule has 0 saturated heterocycles. The average molecular weight is 486 g/mol. The zero-order chi connectivity index (χ0) is 25.7. The van der Waals surface area contributed by atoms with Gasteiger partial charge in [-0.3, -0.25) is 9.79 Å². The molecule has 2 aromatic rings. The summed E-state index contributed by atoms with van der Waals surface area (Å²) in [7, 11) is 0. The second-order valence-corrected chi connectivity index (χ2v) is 12.8. The molecule has 3 aliphatic heterocycles. The SMILES string of the molecule is CC(C)(C)OC(=O)N1C(=O)[C@@]2(c3ccccc31)[C@H](C(C)(C)C)C1=NCCC[C@@]13c1ccccc1N[C@@H]23. The molecule has 2 amide bonds. The minimum absolute atomic E-state index is 0.183. The summed E-state index contributed by atoms with van der Waals surface area (Å²) in [4.78, 5) is 35.0. The number of nitrogens with one attached hydrogen (secondary N) is 1. The monoisotopic (exact) mass is 485 g/mol. The number of aliphatic imine (C=N–C) groups is 1. The maximum absolute atomic E-state index is 14.9. The molecule has 1 aliphatic carbocycles. The summed E-state index contributed by atoms with van der Waals surface area (Å²) in [6, 6.07) is 16.0. The van der Waals surface area contributed by atoms with Gasteiger partial charge >= 0.3 is 6.09 Å². The van der Waals surface area contributed by atoms with Gasteiger partial charge in [-0.2, -0.15) is 0 Å². The van der Waals surface area contributed by atoms with Crippen molar-refractivity contribution >= 4 is 29.1 Å². The van der Waals surface area contributed by atoms with Crippen molar-refractivity contribution in [3.63, 3.8) is 0 Å². The van der Waals surface area contributed by atoms with Crippen LogP contribution in [0.2, 0.25) is 0 Å². The van der Waals surface area contributed by atoms with Crippen LogP contribution >= 0.6 is 0 Å². The van der Waals surface area contributed by atoms with Crippen molar-refractivity contribution in [3.05, 3.63) is 59.7 Å². The Labute approximate surface area is 213 Å². The Hall–Kier alpha value is -3.15. The first-order chi connectivity index (χ1) is 16.9. The molecule has 0 bridgehead atoms. The van der Waals surface area contributed by atoms with E-state index in [1.54, 1.807) is 0 Å². The lowest BCUT2D eigenvalue weighted by Gasteiger charge is -2.41. The van der Waals surface area contributed by atoms with E-state index in [9.17, 15) is 9.59 Å². The summed E-state index contributed by atoms with van der Waals surface area (Å²) < 4.78 is 5.78. The molecule has 3 heterocycles. The highest BCUT2D eigenvalue weighted by Gasteiger charge is 2.77. The van der Waals surface area contributed by atoms with Gasteiger partial charge in [-0.05, 0) is 62.3 Å². The Morgan fingerprint density at radius 1 is 1.03 bits per heavy atom. The van der Waals surface area contributed by atoms with Crippen LogP contribution in [0, 0.1) is 11.3 Å². The molecule has 0 radical (unpaired) electrons. The zero-order valence-corrected chi connectivity index (χ0v) is 22.0. The van der Waals surface area contributed by atoms with Gasteiger partial charge in [-0.15, -0.1) is 0 Å². The van der Waals surface area contributed by atoms with Crippen LogP contribution in [0.3, 0.4) is 0 Å². The highest BCUT2D eigenvalue weighted by Crippen LogP contribution is 2.68. The first-order valence-corrected chi connectivity index (χ1v) is 13.0. The molecule has 0 unspecified atom stereocenters. The van der Waals surface area contributed by atoms with E-state index in [0.29, 0.717) is 5.69 Å². The van der Waals surface area contributed by atoms with Crippen molar-refractivity contribution in [3.8, 4) is 0 Å². The van der Waals surface area contributed by atoms with E-state index in [4.69, 9.17) is 9.73 Å². The molecule has 6 heteroatoms. The van der Waals surface area contributed by atoms with Crippen LogP contribution < -0.4 is 10.2 Å². The number of benzene rings is 2. The number of para-hydroxylation sites is 2. The lowest BCUT2D eigenvalue weighted by molar-refractivity contribution is -0.125. The van der Waals surface area contributed by atoms with E-state index in [1.807, 2.05) is 51.1 Å². The van der Waals surface area contributed by atoms with Crippen molar-refractivity contribution in [2.24, 2.45) is 16.3 Å². The topological polar surface area (TPSA) is 71.0 Å². The lowest BCUT2D eigenvalue weighted by Crippen LogP contribution is -2.57. The van der Waals surface area contributed by atoms with Gasteiger partial charge in [0.05, 0.1) is 17.1 Å². The van der Waals surface area contributed by atoms with Crippen LogP contribution in [0.4, 0.5) is 16.2 Å². The molecule has 36 heavy (non-hydrogen) atoms. The highest BCUT2D eigenvalue weighted by atomic mass is 16.6. The molecule has 2 aromatic carbocycles. The summed E-state index contributed by atoms with van der Waals surface area (Å²) in [6.07, 6.45) is 1.27. The molecule has 0 aromatic heterocycles. The standard InChI is InChI=1S/C30H35N3O3/c1-27(2,3)22-23-29(16-11-17-31-23)18-12-7-9-14-20(18)32-24(29)30(22)19-13-8-10-15-21(19)33(25(30)34)26(35)36-28(4,5)6/h7-10,12-15,22,24,32H,11,16-17H2,1-6H3/t22-,24+,29+,30-/m0/s1. The number of carbonyl (C=O) groups is 2. The zero-order valence-electron chi connectivity index (χ0n) is 22.0. The van der Waals surface area contributed by atoms with Crippen LogP contribution in [0.15, 0.2) is 53.5 Å². The Morgan fingerprint density at radius 2 is 1.69 bits per heavy atom. The second kappa shape index (κ2) is 7.21. The van der Waals surface area contributed by atoms with Crippen LogP contribution in [-0.2, 0) is 20.4 Å². The molecule has 1 N–H and O–H groups in total. The largest absolute Gasteiger partial charge is 0.443 e. The molecule has 4 aliphatic rings. The van der Waals surface area contributed by atoms with Gasteiger partial charge in [0.15, 0.2) is 0 Å². The van der Waals surface area contributed by atoms with Crippen molar-refractivity contribution in [1.82, 2.24) is 0 Å². The number of hydrogen-bond acceptors (Lipinski definition) is 5. The van der Waals surface area contributed by atoms with Gasteiger partial charge in [0.2, 0.25) is 5.91 Å². The Kier molecular flexibility index (Phi) is 4.66. The smallest absolute Gasteiger partial charge is 0.421 e. The fraction of sp³-hybridized carbons (Fsp3) is 0.500. The highest BCUT2D eigenvalue weighted by molar-refractivity contribution is 6.26. The maximum atomic E-state index is 14.9. The molecule has 1 fully saturated rings. The number of carbonyl (C=O) groups excluding carboxylic acids is 2. The quantitative estimate of drug-likeness (QED) is 0.508. The Morgan fingerprint density at radius 3 is 2.39 bits per heavy atom. The average Bonchev–Trinajstić information content (AvgIpc) is 3.35. The third-order valence-corrected chi connectivity index (χ3v) is 8.44. The van der Waals surface area contributed by atoms with Crippen LogP contribution in [-0.4, -0.2) is 35.9 Å². The number of rotatable bonds is 0. The molecule has 188 valence electrons. The van der Waals surface area contributed by atoms with Gasteiger partial charge in [-0.25, -0.2) is 9.69 Å². The van der Waals surface area contributed by atoms with Crippen LogP contribution in [0.25, 0.3) is 0 Å². The summed E-state index contributed by atoms with van der Waals surface area (Å²) in [6.45, 7) is 12.8. The van der Waals surface area contributed by atoms with Crippen LogP contribution in [0.1, 0.15) is 65.5 Å². The number of hydrogen-bond donors (Lipinski definition) is 1. The van der Waals surface area contributed by atoms with E-state index in [-0.39, 0.29) is 28.7 Å². The molecular weight excluding hydrogens is 450 g/mol. The molecule has 6 rings (SSSR count). The molecule has 4 atom stereocenters. The van der Waals surface area contributed by atoms with E-state index in [0.717, 1.165) is 36.3 Å². The van der Waals surface area contributed by atoms with Crippen molar-refractivity contribution in [2.75, 3.05) is 16.8 Å². The fourth-order valence-corrected chi connectivity index (χ4v) is 7.63. The summed E-state index contributed by atoms with van der Waals surface area (Å²) in [5, 5.41) is 3.82. The Balaban J connectivity index is 1.66. The number of nitrogens with zero attached hydrogens (tertiary/aromatic N) is 2. The minimum Gasteiger partial charge on any atom is -0.443 e. The fourth-order valence-electron chi connectivity index (χ4n) is 7.63. The first kappa shape index (κ1) is 23.3. The van der Waals surface area contributed by atoms with Gasteiger partial charge in [0.1, 0.15) is 11.0 Å². The number of imide groups is 1. The number of anilines is 2. The van der Waals surface area contributed by atoms with Crippen molar-refractivity contribution < 1.29 is 14.3 Å². The molecule has 1 saturated carbocycles. The minimum atomic E-state index is -0.992. The van der Waals surface area contributed by atoms with Gasteiger partial charge in [-0.1, -0.05) is 57.2 Å². The predicted molar refractivity (Wildman–Crippen MR) is 142 cm³/mol. The summed E-state index contributed by atoms with van der Waals surface area (Å²) >= 11 is 0.